The highest BCUT2D eigenvalue weighted by Gasteiger charge is 2.06. The van der Waals surface area contributed by atoms with Crippen LogP contribution >= 0.6 is 0 Å². The van der Waals surface area contributed by atoms with Gasteiger partial charge in [0.15, 0.2) is 0 Å². The molecule has 1 unspecified atom stereocenters. The molecule has 1 aromatic heterocycles. The summed E-state index contributed by atoms with van der Waals surface area (Å²) in [6.07, 6.45) is 0.273. The Morgan fingerprint density at radius 1 is 1.47 bits per heavy atom. The molecule has 0 aliphatic rings. The highest BCUT2D eigenvalue weighted by Crippen LogP contribution is 2.12. The van der Waals surface area contributed by atoms with Gasteiger partial charge in [0.1, 0.15) is 0 Å². The lowest BCUT2D eigenvalue weighted by molar-refractivity contribution is 0.117. The summed E-state index contributed by atoms with van der Waals surface area (Å²) in [5.74, 6) is 0. The van der Waals surface area contributed by atoms with Gasteiger partial charge in [-0.05, 0) is 32.4 Å². The van der Waals surface area contributed by atoms with Gasteiger partial charge in [-0.15, -0.1) is 0 Å². The smallest absolute Gasteiger partial charge is 0.0667 e. The SMILES string of the molecule is COC(C)CNCc1cc(C)n(C)c1C. The summed E-state index contributed by atoms with van der Waals surface area (Å²) >= 11 is 0. The van der Waals surface area contributed by atoms with Gasteiger partial charge in [0.25, 0.3) is 0 Å². The van der Waals surface area contributed by atoms with E-state index < -0.39 is 0 Å². The number of hydrogen-bond acceptors (Lipinski definition) is 2. The lowest BCUT2D eigenvalue weighted by Gasteiger charge is -2.10. The highest BCUT2D eigenvalue weighted by molar-refractivity contribution is 5.26. The van der Waals surface area contributed by atoms with Crippen LogP contribution in [0.3, 0.4) is 0 Å². The Kier molecular flexibility index (Phi) is 4.36. The average Bonchev–Trinajstić information content (AvgIpc) is 2.46. The molecule has 0 amide bonds. The minimum Gasteiger partial charge on any atom is -0.380 e. The van der Waals surface area contributed by atoms with Gasteiger partial charge in [0.2, 0.25) is 0 Å². The van der Waals surface area contributed by atoms with Gasteiger partial charge in [-0.3, -0.25) is 0 Å². The third-order valence-electron chi connectivity index (χ3n) is 3.03. The zero-order valence-electron chi connectivity index (χ0n) is 10.4. The molecule has 15 heavy (non-hydrogen) atoms. The number of ether oxygens (including phenoxy) is 1. The molecule has 1 N–H and O–H groups in total. The molecular weight excluding hydrogens is 188 g/mol. The molecule has 1 atom stereocenters. The maximum absolute atomic E-state index is 5.18. The first-order valence-electron chi connectivity index (χ1n) is 5.41. The zero-order valence-corrected chi connectivity index (χ0v) is 10.4. The van der Waals surface area contributed by atoms with E-state index in [0.29, 0.717) is 0 Å². The Morgan fingerprint density at radius 2 is 2.13 bits per heavy atom. The van der Waals surface area contributed by atoms with E-state index >= 15 is 0 Å². The van der Waals surface area contributed by atoms with E-state index in [-0.39, 0.29) is 6.10 Å². The molecule has 0 saturated carbocycles. The molecule has 0 bridgehead atoms. The van der Waals surface area contributed by atoms with E-state index in [1.165, 1.54) is 17.0 Å². The third kappa shape index (κ3) is 3.08. The van der Waals surface area contributed by atoms with E-state index in [1.807, 2.05) is 0 Å². The molecule has 86 valence electrons. The third-order valence-corrected chi connectivity index (χ3v) is 3.03. The van der Waals surface area contributed by atoms with Crippen molar-refractivity contribution >= 4 is 0 Å². The molecular formula is C12H22N2O. The predicted molar refractivity (Wildman–Crippen MR) is 63.1 cm³/mol. The van der Waals surface area contributed by atoms with Gasteiger partial charge in [-0.2, -0.15) is 0 Å². The standard InChI is InChI=1S/C12H22N2O/c1-9-6-12(11(3)14(9)4)8-13-7-10(2)15-5/h6,10,13H,7-8H2,1-5H3. The van der Waals surface area contributed by atoms with E-state index in [0.717, 1.165) is 13.1 Å². The minimum atomic E-state index is 0.273. The van der Waals surface area contributed by atoms with Crippen LogP contribution in [0.5, 0.6) is 0 Å². The monoisotopic (exact) mass is 210 g/mol. The Balaban J connectivity index is 2.47. The Hall–Kier alpha value is -0.800. The van der Waals surface area contributed by atoms with Crippen LogP contribution in [0.2, 0.25) is 0 Å². The van der Waals surface area contributed by atoms with Crippen molar-refractivity contribution in [1.29, 1.82) is 0 Å². The number of nitrogens with zero attached hydrogens (tertiary/aromatic N) is 1. The normalized spacial score (nSPS) is 13.1. The van der Waals surface area contributed by atoms with Crippen molar-refractivity contribution in [1.82, 2.24) is 9.88 Å². The molecule has 1 rings (SSSR count). The van der Waals surface area contributed by atoms with Crippen molar-refractivity contribution in [2.75, 3.05) is 13.7 Å². The number of rotatable bonds is 5. The lowest BCUT2D eigenvalue weighted by Crippen LogP contribution is -2.25. The maximum atomic E-state index is 5.18. The van der Waals surface area contributed by atoms with E-state index in [2.05, 4.69) is 43.8 Å². The molecule has 0 fully saturated rings. The second-order valence-electron chi connectivity index (χ2n) is 4.13. The number of aromatic nitrogens is 1. The van der Waals surface area contributed by atoms with Gasteiger partial charge in [-0.1, -0.05) is 0 Å². The van der Waals surface area contributed by atoms with Crippen molar-refractivity contribution in [3.05, 3.63) is 23.0 Å². The quantitative estimate of drug-likeness (QED) is 0.801. The second-order valence-corrected chi connectivity index (χ2v) is 4.13. The van der Waals surface area contributed by atoms with Crippen molar-refractivity contribution < 1.29 is 4.74 Å². The van der Waals surface area contributed by atoms with Crippen LogP contribution in [-0.2, 0) is 18.3 Å². The average molecular weight is 210 g/mol. The summed E-state index contributed by atoms with van der Waals surface area (Å²) in [5.41, 5.74) is 4.02. The van der Waals surface area contributed by atoms with Gasteiger partial charge >= 0.3 is 0 Å². The molecule has 3 nitrogen and oxygen atoms in total. The van der Waals surface area contributed by atoms with Gasteiger partial charge in [0.05, 0.1) is 6.10 Å². The molecule has 0 saturated heterocycles. The highest BCUT2D eigenvalue weighted by atomic mass is 16.5. The molecule has 0 aliphatic heterocycles. The van der Waals surface area contributed by atoms with Gasteiger partial charge in [-0.25, -0.2) is 0 Å². The van der Waals surface area contributed by atoms with Crippen LogP contribution < -0.4 is 5.32 Å². The summed E-state index contributed by atoms with van der Waals surface area (Å²) in [6.45, 7) is 8.17. The van der Waals surface area contributed by atoms with Crippen LogP contribution in [0.15, 0.2) is 6.07 Å². The van der Waals surface area contributed by atoms with Crippen molar-refractivity contribution in [3.63, 3.8) is 0 Å². The minimum absolute atomic E-state index is 0.273. The fourth-order valence-corrected chi connectivity index (χ4v) is 1.61. The van der Waals surface area contributed by atoms with Crippen LogP contribution in [-0.4, -0.2) is 24.3 Å². The Labute approximate surface area is 92.4 Å². The molecule has 0 aliphatic carbocycles. The van der Waals surface area contributed by atoms with Crippen molar-refractivity contribution in [3.8, 4) is 0 Å². The largest absolute Gasteiger partial charge is 0.380 e. The lowest BCUT2D eigenvalue weighted by atomic mass is 10.2. The number of aryl methyl sites for hydroxylation is 1. The molecule has 0 aromatic carbocycles. The maximum Gasteiger partial charge on any atom is 0.0667 e. The van der Waals surface area contributed by atoms with Crippen LogP contribution in [0, 0.1) is 13.8 Å². The number of methoxy groups -OCH3 is 1. The van der Waals surface area contributed by atoms with Crippen molar-refractivity contribution in [2.24, 2.45) is 7.05 Å². The van der Waals surface area contributed by atoms with Crippen LogP contribution in [0.25, 0.3) is 0 Å². The molecule has 1 heterocycles. The van der Waals surface area contributed by atoms with Crippen LogP contribution in [0.4, 0.5) is 0 Å². The summed E-state index contributed by atoms with van der Waals surface area (Å²) < 4.78 is 7.40. The first kappa shape index (κ1) is 12.3. The fraction of sp³-hybridized carbons (Fsp3) is 0.667. The predicted octanol–water partition coefficient (Wildman–Crippen LogP) is 1.77. The summed E-state index contributed by atoms with van der Waals surface area (Å²) in [5, 5.41) is 3.40. The van der Waals surface area contributed by atoms with Gasteiger partial charge < -0.3 is 14.6 Å². The van der Waals surface area contributed by atoms with E-state index in [9.17, 15) is 0 Å². The Bertz CT molecular complexity index is 318. The molecule has 0 radical (unpaired) electrons. The molecule has 0 spiro atoms. The van der Waals surface area contributed by atoms with E-state index in [4.69, 9.17) is 4.74 Å². The molecule has 3 heteroatoms. The Morgan fingerprint density at radius 3 is 2.60 bits per heavy atom. The fourth-order valence-electron chi connectivity index (χ4n) is 1.61. The summed E-state index contributed by atoms with van der Waals surface area (Å²) in [4.78, 5) is 0. The topological polar surface area (TPSA) is 26.2 Å². The first-order chi connectivity index (χ1) is 7.06. The van der Waals surface area contributed by atoms with Crippen molar-refractivity contribution in [2.45, 2.75) is 33.4 Å². The number of hydrogen-bond donors (Lipinski definition) is 1. The van der Waals surface area contributed by atoms with E-state index in [1.54, 1.807) is 7.11 Å². The van der Waals surface area contributed by atoms with Gasteiger partial charge in [0, 0.05) is 38.6 Å². The number of nitrogens with one attached hydrogen (secondary N) is 1. The summed E-state index contributed by atoms with van der Waals surface area (Å²) in [6, 6.07) is 2.24. The first-order valence-corrected chi connectivity index (χ1v) is 5.41. The van der Waals surface area contributed by atoms with Crippen LogP contribution in [0.1, 0.15) is 23.9 Å². The zero-order chi connectivity index (χ0) is 11.4. The second kappa shape index (κ2) is 5.33. The molecule has 1 aromatic rings. The summed E-state index contributed by atoms with van der Waals surface area (Å²) in [7, 11) is 3.84.